The predicted molar refractivity (Wildman–Crippen MR) is 85.2 cm³/mol. The van der Waals surface area contributed by atoms with Crippen molar-refractivity contribution in [3.05, 3.63) is 29.6 Å². The van der Waals surface area contributed by atoms with E-state index in [1.165, 1.54) is 20.0 Å². The van der Waals surface area contributed by atoms with E-state index in [4.69, 9.17) is 4.74 Å². The maximum Gasteiger partial charge on any atom is 0.168 e. The molecule has 0 bridgehead atoms. The van der Waals surface area contributed by atoms with Gasteiger partial charge in [0, 0.05) is 12.1 Å². The summed E-state index contributed by atoms with van der Waals surface area (Å²) in [6, 6.07) is 5.44. The molecule has 0 radical (unpaired) electrons. The average molecular weight is 293 g/mol. The Balaban J connectivity index is 2.16. The van der Waals surface area contributed by atoms with E-state index in [0.717, 1.165) is 18.5 Å². The number of halogens is 1. The molecule has 1 fully saturated rings. The lowest BCUT2D eigenvalue weighted by Crippen LogP contribution is -2.44. The van der Waals surface area contributed by atoms with Crippen LogP contribution in [0.15, 0.2) is 18.2 Å². The Morgan fingerprint density at radius 2 is 1.90 bits per heavy atom. The number of rotatable bonds is 6. The van der Waals surface area contributed by atoms with Gasteiger partial charge in [-0.2, -0.15) is 0 Å². The Morgan fingerprint density at radius 1 is 1.24 bits per heavy atom. The third kappa shape index (κ3) is 4.19. The molecule has 0 spiro atoms. The van der Waals surface area contributed by atoms with Crippen LogP contribution < -0.4 is 10.1 Å². The summed E-state index contributed by atoms with van der Waals surface area (Å²) >= 11 is 0. The van der Waals surface area contributed by atoms with Gasteiger partial charge in [-0.3, -0.25) is 0 Å². The van der Waals surface area contributed by atoms with E-state index in [-0.39, 0.29) is 16.8 Å². The summed E-state index contributed by atoms with van der Waals surface area (Å²) in [5, 5.41) is 3.60. The second kappa shape index (κ2) is 5.96. The number of ether oxygens (including phenoxy) is 1. The monoisotopic (exact) mass is 293 g/mol. The molecule has 0 saturated heterocycles. The van der Waals surface area contributed by atoms with Gasteiger partial charge in [0.2, 0.25) is 0 Å². The van der Waals surface area contributed by atoms with E-state index in [9.17, 15) is 4.39 Å². The lowest BCUT2D eigenvalue weighted by Gasteiger charge is -2.34. The first-order valence-corrected chi connectivity index (χ1v) is 7.81. The molecule has 0 heterocycles. The van der Waals surface area contributed by atoms with Gasteiger partial charge in [0.05, 0.1) is 7.11 Å². The van der Waals surface area contributed by atoms with Crippen molar-refractivity contribution in [2.45, 2.75) is 52.5 Å². The van der Waals surface area contributed by atoms with Gasteiger partial charge in [-0.15, -0.1) is 0 Å². The average Bonchev–Trinajstić information content (AvgIpc) is 3.23. The van der Waals surface area contributed by atoms with Crippen LogP contribution >= 0.6 is 0 Å². The molecule has 1 N–H and O–H groups in total. The highest BCUT2D eigenvalue weighted by atomic mass is 19.1. The number of hydrogen-bond donors (Lipinski definition) is 1. The quantitative estimate of drug-likeness (QED) is 0.849. The molecule has 21 heavy (non-hydrogen) atoms. The summed E-state index contributed by atoms with van der Waals surface area (Å²) in [6.45, 7) is 9.71. The van der Waals surface area contributed by atoms with Crippen molar-refractivity contribution in [1.29, 1.82) is 0 Å². The first kappa shape index (κ1) is 16.3. The molecule has 0 aromatic heterocycles. The molecule has 0 amide bonds. The van der Waals surface area contributed by atoms with Crippen LogP contribution in [0.25, 0.3) is 0 Å². The van der Waals surface area contributed by atoms with Crippen LogP contribution in [0.3, 0.4) is 0 Å². The molecule has 1 aliphatic rings. The van der Waals surface area contributed by atoms with Gasteiger partial charge in [0.1, 0.15) is 0 Å². The fourth-order valence-corrected chi connectivity index (χ4v) is 2.88. The molecule has 2 rings (SSSR count). The van der Waals surface area contributed by atoms with Crippen molar-refractivity contribution in [3.8, 4) is 5.75 Å². The van der Waals surface area contributed by atoms with Crippen molar-refractivity contribution < 1.29 is 9.13 Å². The van der Waals surface area contributed by atoms with E-state index in [1.54, 1.807) is 6.07 Å². The summed E-state index contributed by atoms with van der Waals surface area (Å²) in [5.41, 5.74) is 0.947. The molecule has 1 aliphatic carbocycles. The standard InChI is InChI=1S/C18H28FNO/c1-17(2,3)20-12-18(4,14-9-10-14)11-13-7-6-8-15(21-5)16(13)19/h6-8,14,20H,9-12H2,1-5H3. The number of methoxy groups -OCH3 is 1. The normalized spacial score (nSPS) is 18.4. The molecule has 1 aromatic rings. The van der Waals surface area contributed by atoms with E-state index < -0.39 is 0 Å². The Bertz CT molecular complexity index is 490. The summed E-state index contributed by atoms with van der Waals surface area (Å²) in [7, 11) is 1.52. The van der Waals surface area contributed by atoms with E-state index in [0.29, 0.717) is 11.7 Å². The van der Waals surface area contributed by atoms with Gasteiger partial charge in [-0.25, -0.2) is 4.39 Å². The van der Waals surface area contributed by atoms with Gasteiger partial charge in [-0.05, 0) is 63.0 Å². The second-order valence-corrected chi connectivity index (χ2v) is 7.64. The maximum absolute atomic E-state index is 14.4. The highest BCUT2D eigenvalue weighted by Crippen LogP contribution is 2.47. The van der Waals surface area contributed by atoms with Gasteiger partial charge in [-0.1, -0.05) is 19.1 Å². The fraction of sp³-hybridized carbons (Fsp3) is 0.667. The summed E-state index contributed by atoms with van der Waals surface area (Å²) < 4.78 is 19.5. The van der Waals surface area contributed by atoms with Crippen LogP contribution in [0.5, 0.6) is 5.75 Å². The van der Waals surface area contributed by atoms with Crippen LogP contribution in [-0.4, -0.2) is 19.2 Å². The minimum absolute atomic E-state index is 0.0864. The largest absolute Gasteiger partial charge is 0.494 e. The van der Waals surface area contributed by atoms with Crippen LogP contribution in [-0.2, 0) is 6.42 Å². The Kier molecular flexibility index (Phi) is 4.62. The molecule has 118 valence electrons. The topological polar surface area (TPSA) is 21.3 Å². The van der Waals surface area contributed by atoms with Gasteiger partial charge in [0.15, 0.2) is 11.6 Å². The van der Waals surface area contributed by atoms with E-state index in [1.807, 2.05) is 12.1 Å². The highest BCUT2D eigenvalue weighted by molar-refractivity contribution is 5.32. The highest BCUT2D eigenvalue weighted by Gasteiger charge is 2.42. The third-order valence-electron chi connectivity index (χ3n) is 4.44. The first-order chi connectivity index (χ1) is 9.75. The van der Waals surface area contributed by atoms with E-state index >= 15 is 0 Å². The summed E-state index contributed by atoms with van der Waals surface area (Å²) in [6.07, 6.45) is 3.27. The molecule has 1 atom stereocenters. The van der Waals surface area contributed by atoms with Gasteiger partial charge in [0.25, 0.3) is 0 Å². The molecular weight excluding hydrogens is 265 g/mol. The zero-order valence-corrected chi connectivity index (χ0v) is 13.9. The predicted octanol–water partition coefficient (Wildman–Crippen LogP) is 4.18. The van der Waals surface area contributed by atoms with Crippen molar-refractivity contribution in [1.82, 2.24) is 5.32 Å². The molecule has 0 aliphatic heterocycles. The zero-order chi connectivity index (χ0) is 15.7. The molecule has 2 nitrogen and oxygen atoms in total. The second-order valence-electron chi connectivity index (χ2n) is 7.64. The van der Waals surface area contributed by atoms with Crippen LogP contribution in [0.4, 0.5) is 4.39 Å². The number of nitrogens with one attached hydrogen (secondary N) is 1. The molecule has 1 unspecified atom stereocenters. The van der Waals surface area contributed by atoms with Crippen molar-refractivity contribution >= 4 is 0 Å². The fourth-order valence-electron chi connectivity index (χ4n) is 2.88. The van der Waals surface area contributed by atoms with Crippen molar-refractivity contribution in [3.63, 3.8) is 0 Å². The first-order valence-electron chi connectivity index (χ1n) is 7.81. The molecule has 1 saturated carbocycles. The van der Waals surface area contributed by atoms with E-state index in [2.05, 4.69) is 33.0 Å². The summed E-state index contributed by atoms with van der Waals surface area (Å²) in [5.74, 6) is 0.829. The molecule has 3 heteroatoms. The maximum atomic E-state index is 14.4. The SMILES string of the molecule is COc1cccc(CC(C)(CNC(C)(C)C)C2CC2)c1F. The van der Waals surface area contributed by atoms with Gasteiger partial charge < -0.3 is 10.1 Å². The minimum Gasteiger partial charge on any atom is -0.494 e. The molecular formula is C18H28FNO. The Morgan fingerprint density at radius 3 is 2.43 bits per heavy atom. The van der Waals surface area contributed by atoms with Crippen LogP contribution in [0, 0.1) is 17.2 Å². The molecule has 1 aromatic carbocycles. The third-order valence-corrected chi connectivity index (χ3v) is 4.44. The van der Waals surface area contributed by atoms with Crippen molar-refractivity contribution in [2.24, 2.45) is 11.3 Å². The Hall–Kier alpha value is -1.09. The lowest BCUT2D eigenvalue weighted by atomic mass is 9.78. The number of benzene rings is 1. The smallest absolute Gasteiger partial charge is 0.168 e. The van der Waals surface area contributed by atoms with Crippen LogP contribution in [0.2, 0.25) is 0 Å². The minimum atomic E-state index is -0.206. The lowest BCUT2D eigenvalue weighted by molar-refractivity contribution is 0.225. The summed E-state index contributed by atoms with van der Waals surface area (Å²) in [4.78, 5) is 0. The van der Waals surface area contributed by atoms with Crippen LogP contribution in [0.1, 0.15) is 46.1 Å². The van der Waals surface area contributed by atoms with Crippen molar-refractivity contribution in [2.75, 3.05) is 13.7 Å². The van der Waals surface area contributed by atoms with Gasteiger partial charge >= 0.3 is 0 Å². The zero-order valence-electron chi connectivity index (χ0n) is 13.9. The Labute approximate surface area is 128 Å². The number of hydrogen-bond acceptors (Lipinski definition) is 2.